The van der Waals surface area contributed by atoms with E-state index >= 15 is 0 Å². The molecule has 0 aliphatic rings. The van der Waals surface area contributed by atoms with E-state index in [4.69, 9.17) is 0 Å². The molecule has 1 heterocycles. The van der Waals surface area contributed by atoms with Crippen molar-refractivity contribution < 1.29 is 4.79 Å². The smallest absolute Gasteiger partial charge is 0.271 e. The van der Waals surface area contributed by atoms with E-state index in [1.54, 1.807) is 19.2 Å². The number of anilines is 1. The number of nitrogens with one attached hydrogen (secondary N) is 2. The van der Waals surface area contributed by atoms with Crippen molar-refractivity contribution in [3.63, 3.8) is 0 Å². The number of amides is 1. The van der Waals surface area contributed by atoms with Crippen molar-refractivity contribution >= 4 is 11.7 Å². The topological polar surface area (TPSA) is 66.9 Å². The fourth-order valence-electron chi connectivity index (χ4n) is 2.13. The van der Waals surface area contributed by atoms with Crippen LogP contribution in [0, 0.1) is 0 Å². The van der Waals surface area contributed by atoms with E-state index in [0.717, 1.165) is 12.8 Å². The summed E-state index contributed by atoms with van der Waals surface area (Å²) in [5.41, 5.74) is 1.48. The molecule has 0 saturated carbocycles. The zero-order valence-corrected chi connectivity index (χ0v) is 12.6. The van der Waals surface area contributed by atoms with Gasteiger partial charge in [-0.25, -0.2) is 0 Å². The molecule has 0 fully saturated rings. The second kappa shape index (κ2) is 7.93. The number of aromatic nitrogens is 2. The minimum Gasteiger partial charge on any atom is -0.362 e. The van der Waals surface area contributed by atoms with Crippen LogP contribution in [-0.4, -0.2) is 23.2 Å². The molecule has 2 rings (SSSR count). The highest BCUT2D eigenvalue weighted by Gasteiger charge is 2.12. The van der Waals surface area contributed by atoms with Gasteiger partial charge in [-0.05, 0) is 30.5 Å². The molecule has 1 aromatic heterocycles. The molecule has 0 saturated heterocycles. The molecule has 22 heavy (non-hydrogen) atoms. The van der Waals surface area contributed by atoms with Crippen molar-refractivity contribution in [3.05, 3.63) is 66.4 Å². The van der Waals surface area contributed by atoms with Crippen LogP contribution in [0.1, 0.15) is 34.9 Å². The number of benzene rings is 1. The molecule has 2 aromatic rings. The molecule has 2 N–H and O–H groups in total. The Labute approximate surface area is 130 Å². The Morgan fingerprint density at radius 1 is 1.23 bits per heavy atom. The van der Waals surface area contributed by atoms with Gasteiger partial charge in [-0.2, -0.15) is 0 Å². The van der Waals surface area contributed by atoms with Crippen molar-refractivity contribution in [1.82, 2.24) is 15.5 Å². The first kappa shape index (κ1) is 15.7. The summed E-state index contributed by atoms with van der Waals surface area (Å²) in [5.74, 6) is 0.399. The Morgan fingerprint density at radius 2 is 2.00 bits per heavy atom. The summed E-state index contributed by atoms with van der Waals surface area (Å²) in [5, 5.41) is 13.9. The van der Waals surface area contributed by atoms with Gasteiger partial charge in [0.05, 0.1) is 6.04 Å². The van der Waals surface area contributed by atoms with Crippen LogP contribution in [0.4, 0.5) is 5.82 Å². The van der Waals surface area contributed by atoms with E-state index in [1.165, 1.54) is 5.56 Å². The zero-order chi connectivity index (χ0) is 15.8. The van der Waals surface area contributed by atoms with Crippen molar-refractivity contribution in [2.75, 3.05) is 12.4 Å². The van der Waals surface area contributed by atoms with Gasteiger partial charge >= 0.3 is 0 Å². The lowest BCUT2D eigenvalue weighted by Gasteiger charge is -2.19. The summed E-state index contributed by atoms with van der Waals surface area (Å²) < 4.78 is 0. The highest BCUT2D eigenvalue weighted by molar-refractivity contribution is 5.91. The van der Waals surface area contributed by atoms with Gasteiger partial charge in [0.2, 0.25) is 0 Å². The van der Waals surface area contributed by atoms with Crippen LogP contribution >= 0.6 is 0 Å². The van der Waals surface area contributed by atoms with E-state index < -0.39 is 0 Å². The van der Waals surface area contributed by atoms with Gasteiger partial charge in [-0.1, -0.05) is 36.4 Å². The maximum atomic E-state index is 11.5. The first-order valence-electron chi connectivity index (χ1n) is 7.22. The molecule has 0 spiro atoms. The van der Waals surface area contributed by atoms with E-state index in [0.29, 0.717) is 11.5 Å². The standard InChI is InChI=1S/C17H20N4O/c1-3-4-10-14(13-8-6-5-7-9-13)19-16-12-11-15(20-21-16)17(22)18-2/h3,5-9,11-12,14H,1,4,10H2,2H3,(H,18,22)(H,19,21). The third-order valence-corrected chi connectivity index (χ3v) is 3.31. The average molecular weight is 296 g/mol. The predicted octanol–water partition coefficient (Wildman–Crippen LogP) is 2.96. The minimum atomic E-state index is -0.245. The number of rotatable bonds is 7. The summed E-state index contributed by atoms with van der Waals surface area (Å²) >= 11 is 0. The summed E-state index contributed by atoms with van der Waals surface area (Å²) in [4.78, 5) is 11.5. The normalized spacial score (nSPS) is 11.5. The Balaban J connectivity index is 2.13. The third kappa shape index (κ3) is 4.15. The van der Waals surface area contributed by atoms with Crippen molar-refractivity contribution in [1.29, 1.82) is 0 Å². The van der Waals surface area contributed by atoms with Crippen molar-refractivity contribution in [2.24, 2.45) is 0 Å². The molecular formula is C17H20N4O. The van der Waals surface area contributed by atoms with Crippen molar-refractivity contribution in [2.45, 2.75) is 18.9 Å². The van der Waals surface area contributed by atoms with Crippen LogP contribution in [0.25, 0.3) is 0 Å². The fraction of sp³-hybridized carbons (Fsp3) is 0.235. The number of carbonyl (C=O) groups excluding carboxylic acids is 1. The van der Waals surface area contributed by atoms with E-state index in [9.17, 15) is 4.79 Å². The molecule has 0 radical (unpaired) electrons. The molecule has 1 unspecified atom stereocenters. The molecule has 1 atom stereocenters. The summed E-state index contributed by atoms with van der Waals surface area (Å²) in [6.45, 7) is 3.77. The quantitative estimate of drug-likeness (QED) is 0.771. The van der Waals surface area contributed by atoms with Crippen LogP contribution in [0.15, 0.2) is 55.1 Å². The minimum absolute atomic E-state index is 0.124. The Hall–Kier alpha value is -2.69. The van der Waals surface area contributed by atoms with Gasteiger partial charge in [-0.3, -0.25) is 4.79 Å². The van der Waals surface area contributed by atoms with Crippen LogP contribution < -0.4 is 10.6 Å². The summed E-state index contributed by atoms with van der Waals surface area (Å²) in [7, 11) is 1.57. The lowest BCUT2D eigenvalue weighted by Crippen LogP contribution is -2.20. The molecule has 1 amide bonds. The highest BCUT2D eigenvalue weighted by Crippen LogP contribution is 2.22. The van der Waals surface area contributed by atoms with Crippen LogP contribution in [0.2, 0.25) is 0 Å². The first-order valence-corrected chi connectivity index (χ1v) is 7.22. The maximum Gasteiger partial charge on any atom is 0.271 e. The van der Waals surface area contributed by atoms with Gasteiger partial charge in [0.15, 0.2) is 5.69 Å². The van der Waals surface area contributed by atoms with Crippen LogP contribution in [-0.2, 0) is 0 Å². The van der Waals surface area contributed by atoms with Crippen LogP contribution in [0.5, 0.6) is 0 Å². The second-order valence-electron chi connectivity index (χ2n) is 4.86. The van der Waals surface area contributed by atoms with E-state index in [-0.39, 0.29) is 11.9 Å². The second-order valence-corrected chi connectivity index (χ2v) is 4.86. The van der Waals surface area contributed by atoms with Crippen molar-refractivity contribution in [3.8, 4) is 0 Å². The lowest BCUT2D eigenvalue weighted by atomic mass is 10.0. The Kier molecular flexibility index (Phi) is 5.65. The van der Waals surface area contributed by atoms with Gasteiger partial charge in [-0.15, -0.1) is 16.8 Å². The molecule has 1 aromatic carbocycles. The number of nitrogens with zero attached hydrogens (tertiary/aromatic N) is 2. The Morgan fingerprint density at radius 3 is 2.59 bits per heavy atom. The predicted molar refractivity (Wildman–Crippen MR) is 87.7 cm³/mol. The number of carbonyl (C=O) groups is 1. The van der Waals surface area contributed by atoms with Crippen LogP contribution in [0.3, 0.4) is 0 Å². The largest absolute Gasteiger partial charge is 0.362 e. The first-order chi connectivity index (χ1) is 10.7. The van der Waals surface area contributed by atoms with Gasteiger partial charge in [0.1, 0.15) is 5.82 Å². The lowest BCUT2D eigenvalue weighted by molar-refractivity contribution is 0.0957. The molecule has 114 valence electrons. The van der Waals surface area contributed by atoms with Gasteiger partial charge in [0, 0.05) is 7.05 Å². The molecule has 0 aliphatic heterocycles. The fourth-order valence-corrected chi connectivity index (χ4v) is 2.13. The van der Waals surface area contributed by atoms with E-state index in [2.05, 4.69) is 39.5 Å². The van der Waals surface area contributed by atoms with Gasteiger partial charge in [0.25, 0.3) is 5.91 Å². The molecule has 5 heteroatoms. The van der Waals surface area contributed by atoms with E-state index in [1.807, 2.05) is 24.3 Å². The SMILES string of the molecule is C=CCCC(Nc1ccc(C(=O)NC)nn1)c1ccccc1. The highest BCUT2D eigenvalue weighted by atomic mass is 16.1. The molecular weight excluding hydrogens is 276 g/mol. The number of hydrogen-bond acceptors (Lipinski definition) is 4. The molecule has 0 bridgehead atoms. The monoisotopic (exact) mass is 296 g/mol. The average Bonchev–Trinajstić information content (AvgIpc) is 2.59. The van der Waals surface area contributed by atoms with Gasteiger partial charge < -0.3 is 10.6 Å². The Bertz CT molecular complexity index is 610. The maximum absolute atomic E-state index is 11.5. The zero-order valence-electron chi connectivity index (χ0n) is 12.6. The number of allylic oxidation sites excluding steroid dienone is 1. The molecule has 5 nitrogen and oxygen atoms in total. The summed E-state index contributed by atoms with van der Waals surface area (Å²) in [6, 6.07) is 13.7. The molecule has 0 aliphatic carbocycles. The summed E-state index contributed by atoms with van der Waals surface area (Å²) in [6.07, 6.45) is 3.71. The number of hydrogen-bond donors (Lipinski definition) is 2. The third-order valence-electron chi connectivity index (χ3n) is 3.31.